The van der Waals surface area contributed by atoms with E-state index in [1.807, 2.05) is 0 Å². The molecule has 94 valence electrons. The van der Waals surface area contributed by atoms with Crippen molar-refractivity contribution in [3.8, 4) is 0 Å². The number of imidazole rings is 1. The average Bonchev–Trinajstić information content (AvgIpc) is 2.72. The zero-order valence-electron chi connectivity index (χ0n) is 9.72. The summed E-state index contributed by atoms with van der Waals surface area (Å²) in [5.74, 6) is 0.362. The third-order valence-corrected chi connectivity index (χ3v) is 2.69. The first-order valence-corrected chi connectivity index (χ1v) is 5.32. The van der Waals surface area contributed by atoms with Crippen LogP contribution in [0.4, 0.5) is 5.82 Å². The summed E-state index contributed by atoms with van der Waals surface area (Å²) in [7, 11) is 1.55. The van der Waals surface area contributed by atoms with Gasteiger partial charge in [0.25, 0.3) is 0 Å². The molecule has 0 saturated carbocycles. The van der Waals surface area contributed by atoms with Crippen LogP contribution < -0.4 is 0 Å². The molecule has 0 aliphatic rings. The molecule has 2 aromatic heterocycles. The largest absolute Gasteiger partial charge is 0.388 e. The van der Waals surface area contributed by atoms with Crippen LogP contribution in [-0.4, -0.2) is 24.6 Å². The smallest absolute Gasteiger partial charge is 0.342 e. The van der Waals surface area contributed by atoms with E-state index in [-0.39, 0.29) is 12.2 Å². The highest BCUT2D eigenvalue weighted by molar-refractivity contribution is 5.20. The van der Waals surface area contributed by atoms with E-state index >= 15 is 0 Å². The molecule has 2 rings (SSSR count). The van der Waals surface area contributed by atoms with E-state index in [9.17, 15) is 15.2 Å². The average molecular weight is 248 g/mol. The fraction of sp³-hybridized carbons (Fsp3) is 0.273. The molecule has 18 heavy (non-hydrogen) atoms. The Hall–Kier alpha value is -2.28. The maximum atomic E-state index is 10.7. The molecule has 2 heterocycles. The third-order valence-electron chi connectivity index (χ3n) is 2.69. The van der Waals surface area contributed by atoms with E-state index in [1.165, 1.54) is 10.8 Å². The molecule has 0 aromatic carbocycles. The lowest BCUT2D eigenvalue weighted by molar-refractivity contribution is -0.391. The molecule has 0 spiro atoms. The van der Waals surface area contributed by atoms with Gasteiger partial charge in [0.15, 0.2) is 5.82 Å². The van der Waals surface area contributed by atoms with Crippen LogP contribution in [0.2, 0.25) is 0 Å². The van der Waals surface area contributed by atoms with Gasteiger partial charge in [0.1, 0.15) is 6.20 Å². The van der Waals surface area contributed by atoms with Crippen LogP contribution in [0, 0.1) is 10.1 Å². The Bertz CT molecular complexity index is 553. The highest BCUT2D eigenvalue weighted by atomic mass is 16.6. The van der Waals surface area contributed by atoms with Crippen molar-refractivity contribution in [1.82, 2.24) is 14.5 Å². The van der Waals surface area contributed by atoms with Crippen molar-refractivity contribution >= 4 is 5.82 Å². The monoisotopic (exact) mass is 248 g/mol. The van der Waals surface area contributed by atoms with E-state index in [0.29, 0.717) is 11.4 Å². The summed E-state index contributed by atoms with van der Waals surface area (Å²) < 4.78 is 1.36. The first-order chi connectivity index (χ1) is 8.59. The molecule has 2 aromatic rings. The van der Waals surface area contributed by atoms with Crippen molar-refractivity contribution in [3.05, 3.63) is 52.2 Å². The third kappa shape index (κ3) is 2.35. The van der Waals surface area contributed by atoms with Gasteiger partial charge in [-0.1, -0.05) is 6.07 Å². The van der Waals surface area contributed by atoms with E-state index in [1.54, 1.807) is 31.6 Å². The van der Waals surface area contributed by atoms with Gasteiger partial charge in [-0.05, 0) is 16.6 Å². The van der Waals surface area contributed by atoms with Crippen molar-refractivity contribution in [2.45, 2.75) is 12.5 Å². The van der Waals surface area contributed by atoms with Crippen LogP contribution >= 0.6 is 0 Å². The second kappa shape index (κ2) is 4.92. The van der Waals surface area contributed by atoms with E-state index in [0.717, 1.165) is 0 Å². The number of rotatable bonds is 4. The molecule has 0 fully saturated rings. The van der Waals surface area contributed by atoms with Crippen molar-refractivity contribution < 1.29 is 10.0 Å². The van der Waals surface area contributed by atoms with Gasteiger partial charge in [0.2, 0.25) is 0 Å². The van der Waals surface area contributed by atoms with Crippen LogP contribution in [0.25, 0.3) is 0 Å². The summed E-state index contributed by atoms with van der Waals surface area (Å²) in [5, 5.41) is 20.6. The number of nitro groups is 1. The minimum Gasteiger partial charge on any atom is -0.388 e. The van der Waals surface area contributed by atoms with E-state index in [4.69, 9.17) is 0 Å². The minimum absolute atomic E-state index is 0.0941. The van der Waals surface area contributed by atoms with Gasteiger partial charge in [0.05, 0.1) is 19.6 Å². The first kappa shape index (κ1) is 12.2. The van der Waals surface area contributed by atoms with Gasteiger partial charge in [-0.15, -0.1) is 0 Å². The van der Waals surface area contributed by atoms with Gasteiger partial charge >= 0.3 is 5.82 Å². The molecule has 1 N–H and O–H groups in total. The molecule has 1 atom stereocenters. The van der Waals surface area contributed by atoms with Gasteiger partial charge in [-0.25, -0.2) is 9.55 Å². The fourth-order valence-electron chi connectivity index (χ4n) is 1.66. The second-order valence-electron chi connectivity index (χ2n) is 3.86. The van der Waals surface area contributed by atoms with Gasteiger partial charge in [0, 0.05) is 12.4 Å². The lowest BCUT2D eigenvalue weighted by atomic mass is 10.1. The van der Waals surface area contributed by atoms with Crippen LogP contribution in [0.3, 0.4) is 0 Å². The van der Waals surface area contributed by atoms with Crippen LogP contribution in [-0.2, 0) is 13.5 Å². The molecule has 7 heteroatoms. The van der Waals surface area contributed by atoms with Gasteiger partial charge in [-0.3, -0.25) is 4.98 Å². The maximum Gasteiger partial charge on any atom is 0.342 e. The summed E-state index contributed by atoms with van der Waals surface area (Å²) >= 11 is 0. The Morgan fingerprint density at radius 2 is 2.33 bits per heavy atom. The predicted octanol–water partition coefficient (Wildman–Crippen LogP) is 0.999. The molecular weight excluding hydrogens is 236 g/mol. The Kier molecular flexibility index (Phi) is 3.33. The molecule has 0 saturated heterocycles. The van der Waals surface area contributed by atoms with E-state index < -0.39 is 11.0 Å². The number of pyridine rings is 1. The number of aliphatic hydroxyl groups is 1. The second-order valence-corrected chi connectivity index (χ2v) is 3.86. The predicted molar refractivity (Wildman–Crippen MR) is 62.8 cm³/mol. The fourth-order valence-corrected chi connectivity index (χ4v) is 1.66. The molecule has 1 unspecified atom stereocenters. The Morgan fingerprint density at radius 1 is 1.56 bits per heavy atom. The maximum absolute atomic E-state index is 10.7. The van der Waals surface area contributed by atoms with Crippen molar-refractivity contribution in [3.63, 3.8) is 0 Å². The molecule has 0 amide bonds. The molecule has 0 bridgehead atoms. The summed E-state index contributed by atoms with van der Waals surface area (Å²) in [6, 6.07) is 3.47. The highest BCUT2D eigenvalue weighted by Gasteiger charge is 2.20. The Morgan fingerprint density at radius 3 is 2.89 bits per heavy atom. The Balaban J connectivity index is 2.17. The highest BCUT2D eigenvalue weighted by Crippen LogP contribution is 2.19. The molecular formula is C11H12N4O3. The van der Waals surface area contributed by atoms with E-state index in [2.05, 4.69) is 9.97 Å². The lowest BCUT2D eigenvalue weighted by Crippen LogP contribution is -2.08. The molecule has 0 aliphatic heterocycles. The minimum atomic E-state index is -0.778. The van der Waals surface area contributed by atoms with Crippen molar-refractivity contribution in [2.24, 2.45) is 7.05 Å². The zero-order chi connectivity index (χ0) is 13.1. The summed E-state index contributed by atoms with van der Waals surface area (Å²) in [4.78, 5) is 18.0. The topological polar surface area (TPSA) is 94.1 Å². The number of aromatic nitrogens is 3. The SMILES string of the molecule is Cn1c([N+](=O)[O-])cnc1CC(O)c1cccnc1. The Labute approximate surface area is 103 Å². The number of hydrogen-bond acceptors (Lipinski definition) is 5. The number of hydrogen-bond donors (Lipinski definition) is 1. The van der Waals surface area contributed by atoms with Crippen LogP contribution in [0.1, 0.15) is 17.5 Å². The van der Waals surface area contributed by atoms with Gasteiger partial charge in [-0.2, -0.15) is 0 Å². The first-order valence-electron chi connectivity index (χ1n) is 5.32. The molecule has 0 aliphatic carbocycles. The molecule has 0 radical (unpaired) electrons. The number of aliphatic hydroxyl groups excluding tert-OH is 1. The zero-order valence-corrected chi connectivity index (χ0v) is 9.72. The van der Waals surface area contributed by atoms with Crippen molar-refractivity contribution in [2.75, 3.05) is 0 Å². The quantitative estimate of drug-likeness (QED) is 0.643. The van der Waals surface area contributed by atoms with Crippen molar-refractivity contribution in [1.29, 1.82) is 0 Å². The summed E-state index contributed by atoms with van der Waals surface area (Å²) in [5.41, 5.74) is 0.656. The lowest BCUT2D eigenvalue weighted by Gasteiger charge is -2.08. The number of nitrogens with zero attached hydrogens (tertiary/aromatic N) is 4. The summed E-state index contributed by atoms with van der Waals surface area (Å²) in [6.07, 6.45) is 3.78. The van der Waals surface area contributed by atoms with Crippen LogP contribution in [0.15, 0.2) is 30.7 Å². The van der Waals surface area contributed by atoms with Gasteiger partial charge < -0.3 is 15.2 Å². The standard InChI is InChI=1S/C11H12N4O3/c1-14-10(13-7-11(14)15(17)18)5-9(16)8-3-2-4-12-6-8/h2-4,6-7,9,16H,5H2,1H3. The van der Waals surface area contributed by atoms with Crippen LogP contribution in [0.5, 0.6) is 0 Å². The summed E-state index contributed by atoms with van der Waals surface area (Å²) in [6.45, 7) is 0. The molecule has 7 nitrogen and oxygen atoms in total. The normalized spacial score (nSPS) is 12.3.